The van der Waals surface area contributed by atoms with Crippen LogP contribution in [0.2, 0.25) is 0 Å². The molecular formula is C23H29NO3. The van der Waals surface area contributed by atoms with Gasteiger partial charge < -0.3 is 10.8 Å². The summed E-state index contributed by atoms with van der Waals surface area (Å²) in [6, 6.07) is 10.1. The van der Waals surface area contributed by atoms with Gasteiger partial charge in [-0.3, -0.25) is 9.59 Å². The van der Waals surface area contributed by atoms with Crippen LogP contribution in [0.15, 0.2) is 65.8 Å². The zero-order valence-electron chi connectivity index (χ0n) is 15.8. The number of benzene rings is 1. The Labute approximate surface area is 161 Å². The van der Waals surface area contributed by atoms with Gasteiger partial charge in [0.15, 0.2) is 5.78 Å². The van der Waals surface area contributed by atoms with Gasteiger partial charge in [0, 0.05) is 18.4 Å². The molecule has 0 saturated heterocycles. The number of carbonyl (C=O) groups is 2. The lowest BCUT2D eigenvalue weighted by Crippen LogP contribution is -2.09. The highest BCUT2D eigenvalue weighted by molar-refractivity contribution is 5.99. The second-order valence-corrected chi connectivity index (χ2v) is 6.91. The standard InChI is InChI=1S/C23H29NO3/c24-23(27)11-7-2-1-6-10-21-19(14-17-22(21)26)13-16-20(25)15-12-18-8-4-3-5-9-18/h1,3-6,8-9,13,16,20,25H,2,7,10-12,14-15,17H2,(H2,24,27). The summed E-state index contributed by atoms with van der Waals surface area (Å²) in [5.74, 6) is -0.0921. The molecule has 4 nitrogen and oxygen atoms in total. The summed E-state index contributed by atoms with van der Waals surface area (Å²) < 4.78 is 0. The Balaban J connectivity index is 1.83. The molecule has 1 aromatic rings. The Morgan fingerprint density at radius 2 is 1.96 bits per heavy atom. The lowest BCUT2D eigenvalue weighted by atomic mass is 10.0. The van der Waals surface area contributed by atoms with Crippen molar-refractivity contribution in [3.05, 3.63) is 71.3 Å². The van der Waals surface area contributed by atoms with Gasteiger partial charge in [-0.2, -0.15) is 0 Å². The molecule has 1 unspecified atom stereocenters. The summed E-state index contributed by atoms with van der Waals surface area (Å²) in [5.41, 5.74) is 8.19. The van der Waals surface area contributed by atoms with Crippen molar-refractivity contribution in [2.24, 2.45) is 5.73 Å². The lowest BCUT2D eigenvalue weighted by molar-refractivity contribution is -0.118. The second-order valence-electron chi connectivity index (χ2n) is 6.91. The number of allylic oxidation sites excluding steroid dienone is 5. The molecule has 1 atom stereocenters. The minimum absolute atomic E-state index is 0.190. The number of hydrogen-bond acceptors (Lipinski definition) is 3. The molecule has 3 N–H and O–H groups in total. The molecule has 1 aromatic carbocycles. The van der Waals surface area contributed by atoms with E-state index in [1.807, 2.05) is 36.4 Å². The zero-order valence-corrected chi connectivity index (χ0v) is 15.8. The first-order valence-corrected chi connectivity index (χ1v) is 9.65. The monoisotopic (exact) mass is 367 g/mol. The van der Waals surface area contributed by atoms with Gasteiger partial charge >= 0.3 is 0 Å². The molecule has 4 heteroatoms. The first kappa shape index (κ1) is 20.8. The lowest BCUT2D eigenvalue weighted by Gasteiger charge is -2.06. The van der Waals surface area contributed by atoms with E-state index in [1.165, 1.54) is 5.56 Å². The van der Waals surface area contributed by atoms with E-state index in [-0.39, 0.29) is 11.7 Å². The van der Waals surface area contributed by atoms with Crippen LogP contribution in [0.25, 0.3) is 0 Å². The fourth-order valence-electron chi connectivity index (χ4n) is 3.15. The van der Waals surface area contributed by atoms with Crippen molar-refractivity contribution in [2.45, 2.75) is 57.5 Å². The molecule has 1 amide bonds. The number of hydrogen-bond donors (Lipinski definition) is 2. The number of aryl methyl sites for hydroxylation is 1. The molecule has 0 bridgehead atoms. The molecule has 2 rings (SSSR count). The number of aliphatic hydroxyl groups excluding tert-OH is 1. The first-order chi connectivity index (χ1) is 13.1. The SMILES string of the molecule is NC(=O)CCCC=CCC1=C(C=CC(O)CCc2ccccc2)CCC1=O. The average molecular weight is 367 g/mol. The van der Waals surface area contributed by atoms with Crippen molar-refractivity contribution in [2.75, 3.05) is 0 Å². The van der Waals surface area contributed by atoms with Gasteiger partial charge in [0.05, 0.1) is 6.10 Å². The number of Topliss-reactive ketones (excluding diaryl/α,β-unsaturated/α-hetero) is 1. The van der Waals surface area contributed by atoms with Gasteiger partial charge in [-0.15, -0.1) is 0 Å². The molecule has 1 aliphatic carbocycles. The van der Waals surface area contributed by atoms with E-state index in [0.29, 0.717) is 25.7 Å². The maximum Gasteiger partial charge on any atom is 0.217 e. The third kappa shape index (κ3) is 7.75. The number of carbonyl (C=O) groups excluding carboxylic acids is 2. The van der Waals surface area contributed by atoms with Crippen LogP contribution in [0.4, 0.5) is 0 Å². The molecule has 0 radical (unpaired) electrons. The van der Waals surface area contributed by atoms with Crippen LogP contribution in [-0.2, 0) is 16.0 Å². The number of nitrogens with two attached hydrogens (primary N) is 1. The van der Waals surface area contributed by atoms with E-state index in [1.54, 1.807) is 6.08 Å². The molecule has 0 aromatic heterocycles. The van der Waals surface area contributed by atoms with Crippen LogP contribution in [0, 0.1) is 0 Å². The first-order valence-electron chi connectivity index (χ1n) is 9.65. The molecule has 0 fully saturated rings. The minimum atomic E-state index is -0.515. The van der Waals surface area contributed by atoms with Crippen molar-refractivity contribution in [1.29, 1.82) is 0 Å². The molecule has 0 saturated carbocycles. The van der Waals surface area contributed by atoms with Crippen LogP contribution in [0.3, 0.4) is 0 Å². The Bertz CT molecular complexity index is 716. The maximum absolute atomic E-state index is 12.1. The topological polar surface area (TPSA) is 80.4 Å². The molecule has 1 aliphatic rings. The van der Waals surface area contributed by atoms with Crippen molar-refractivity contribution >= 4 is 11.7 Å². The molecule has 0 aliphatic heterocycles. The number of aliphatic hydroxyl groups is 1. The van der Waals surface area contributed by atoms with Gasteiger partial charge in [0.2, 0.25) is 5.91 Å². The van der Waals surface area contributed by atoms with E-state index in [9.17, 15) is 14.7 Å². The summed E-state index contributed by atoms with van der Waals surface area (Å²) in [7, 11) is 0. The van der Waals surface area contributed by atoms with Crippen molar-refractivity contribution < 1.29 is 14.7 Å². The van der Waals surface area contributed by atoms with Crippen LogP contribution in [0.5, 0.6) is 0 Å². The molecule has 0 spiro atoms. The number of rotatable bonds is 11. The minimum Gasteiger partial charge on any atom is -0.389 e. The molecular weight excluding hydrogens is 338 g/mol. The van der Waals surface area contributed by atoms with Gasteiger partial charge in [0.1, 0.15) is 0 Å². The Kier molecular flexibility index (Phi) is 8.72. The van der Waals surface area contributed by atoms with Crippen LogP contribution in [0.1, 0.15) is 50.5 Å². The Hall–Kier alpha value is -2.46. The number of primary amides is 1. The molecule has 144 valence electrons. The van der Waals surface area contributed by atoms with E-state index in [2.05, 4.69) is 12.1 Å². The fraction of sp³-hybridized carbons (Fsp3) is 0.391. The highest BCUT2D eigenvalue weighted by atomic mass is 16.3. The normalized spacial score (nSPS) is 16.0. The van der Waals surface area contributed by atoms with Crippen molar-refractivity contribution in [3.8, 4) is 0 Å². The van der Waals surface area contributed by atoms with Gasteiger partial charge in [-0.1, -0.05) is 54.6 Å². The summed E-state index contributed by atoms with van der Waals surface area (Å²) in [6.45, 7) is 0. The smallest absolute Gasteiger partial charge is 0.217 e. The molecule has 27 heavy (non-hydrogen) atoms. The van der Waals surface area contributed by atoms with Gasteiger partial charge in [-0.05, 0) is 49.7 Å². The van der Waals surface area contributed by atoms with Crippen LogP contribution >= 0.6 is 0 Å². The Morgan fingerprint density at radius 1 is 1.19 bits per heavy atom. The van der Waals surface area contributed by atoms with Crippen molar-refractivity contribution in [1.82, 2.24) is 0 Å². The number of ketones is 1. The van der Waals surface area contributed by atoms with E-state index < -0.39 is 6.10 Å². The summed E-state index contributed by atoms with van der Waals surface area (Å²) in [6.07, 6.45) is 12.5. The Morgan fingerprint density at radius 3 is 2.70 bits per heavy atom. The van der Waals surface area contributed by atoms with Crippen molar-refractivity contribution in [3.63, 3.8) is 0 Å². The third-order valence-electron chi connectivity index (χ3n) is 4.72. The van der Waals surface area contributed by atoms with Crippen LogP contribution in [-0.4, -0.2) is 22.9 Å². The fourth-order valence-corrected chi connectivity index (χ4v) is 3.15. The highest BCUT2D eigenvalue weighted by Crippen LogP contribution is 2.27. The summed E-state index contributed by atoms with van der Waals surface area (Å²) in [4.78, 5) is 22.8. The second kappa shape index (κ2) is 11.3. The predicted octanol–water partition coefficient (Wildman–Crippen LogP) is 3.80. The highest BCUT2D eigenvalue weighted by Gasteiger charge is 2.20. The van der Waals surface area contributed by atoms with Gasteiger partial charge in [-0.25, -0.2) is 0 Å². The quantitative estimate of drug-likeness (QED) is 0.461. The van der Waals surface area contributed by atoms with Gasteiger partial charge in [0.25, 0.3) is 0 Å². The number of unbranched alkanes of at least 4 members (excludes halogenated alkanes) is 1. The third-order valence-corrected chi connectivity index (χ3v) is 4.72. The summed E-state index contributed by atoms with van der Waals surface area (Å²) in [5, 5.41) is 10.2. The molecule has 0 heterocycles. The van der Waals surface area contributed by atoms with E-state index in [4.69, 9.17) is 5.73 Å². The number of amides is 1. The zero-order chi connectivity index (χ0) is 19.5. The average Bonchev–Trinajstić information content (AvgIpc) is 3.01. The summed E-state index contributed by atoms with van der Waals surface area (Å²) >= 11 is 0. The van der Waals surface area contributed by atoms with E-state index in [0.717, 1.165) is 36.8 Å². The maximum atomic E-state index is 12.1. The van der Waals surface area contributed by atoms with E-state index >= 15 is 0 Å². The largest absolute Gasteiger partial charge is 0.389 e. The van der Waals surface area contributed by atoms with Crippen LogP contribution < -0.4 is 5.73 Å². The predicted molar refractivity (Wildman–Crippen MR) is 108 cm³/mol.